The van der Waals surface area contributed by atoms with Crippen LogP contribution in [0.1, 0.15) is 11.1 Å². The summed E-state index contributed by atoms with van der Waals surface area (Å²) in [5, 5.41) is 6.85. The number of sulfonamides is 1. The fourth-order valence-corrected chi connectivity index (χ4v) is 3.70. The van der Waals surface area contributed by atoms with Gasteiger partial charge < -0.3 is 4.98 Å². The number of fused-ring (bicyclic) bond motifs is 1. The van der Waals surface area contributed by atoms with Crippen molar-refractivity contribution in [2.24, 2.45) is 0 Å². The normalized spacial score (nSPS) is 11.8. The molecule has 0 spiro atoms. The van der Waals surface area contributed by atoms with Crippen LogP contribution in [0, 0.1) is 13.8 Å². The summed E-state index contributed by atoms with van der Waals surface area (Å²) in [7, 11) is -3.68. The smallest absolute Gasteiger partial charge is 0.263 e. The maximum absolute atomic E-state index is 12.4. The molecule has 0 aliphatic carbocycles. The first-order chi connectivity index (χ1) is 12.4. The number of H-pyrrole nitrogens is 2. The summed E-state index contributed by atoms with van der Waals surface area (Å²) in [6, 6.07) is 13.8. The molecule has 0 radical (unpaired) electrons. The second-order valence-electron chi connectivity index (χ2n) is 6.12. The Hall–Kier alpha value is -3.13. The lowest BCUT2D eigenvalue weighted by atomic mass is 10.1. The third kappa shape index (κ3) is 2.95. The van der Waals surface area contributed by atoms with Crippen molar-refractivity contribution in [2.45, 2.75) is 18.7 Å². The zero-order chi connectivity index (χ0) is 18.3. The Morgan fingerprint density at radius 1 is 1.00 bits per heavy atom. The van der Waals surface area contributed by atoms with E-state index in [0.29, 0.717) is 11.5 Å². The van der Waals surface area contributed by atoms with Gasteiger partial charge in [-0.15, -0.1) is 0 Å². The number of nitrogens with zero attached hydrogens (tertiary/aromatic N) is 2. The van der Waals surface area contributed by atoms with Gasteiger partial charge >= 0.3 is 0 Å². The first-order valence-electron chi connectivity index (χ1n) is 8.03. The Bertz CT molecular complexity index is 1150. The van der Waals surface area contributed by atoms with Gasteiger partial charge in [-0.3, -0.25) is 9.82 Å². The molecule has 26 heavy (non-hydrogen) atoms. The van der Waals surface area contributed by atoms with Gasteiger partial charge in [0.05, 0.1) is 15.9 Å². The van der Waals surface area contributed by atoms with Crippen LogP contribution in [-0.4, -0.2) is 28.6 Å². The lowest BCUT2D eigenvalue weighted by Gasteiger charge is -2.04. The molecule has 0 saturated carbocycles. The van der Waals surface area contributed by atoms with Crippen LogP contribution >= 0.6 is 0 Å². The summed E-state index contributed by atoms with van der Waals surface area (Å²) in [4.78, 5) is 7.96. The topological polar surface area (TPSA) is 104 Å². The van der Waals surface area contributed by atoms with Gasteiger partial charge in [0.25, 0.3) is 10.0 Å². The monoisotopic (exact) mass is 367 g/mol. The van der Waals surface area contributed by atoms with Gasteiger partial charge in [0.15, 0.2) is 11.6 Å². The average Bonchev–Trinajstić information content (AvgIpc) is 3.22. The Morgan fingerprint density at radius 2 is 1.73 bits per heavy atom. The van der Waals surface area contributed by atoms with E-state index in [0.717, 1.165) is 16.6 Å². The first kappa shape index (κ1) is 16.3. The van der Waals surface area contributed by atoms with E-state index in [-0.39, 0.29) is 10.7 Å². The van der Waals surface area contributed by atoms with Crippen LogP contribution in [0.2, 0.25) is 0 Å². The highest BCUT2D eigenvalue weighted by molar-refractivity contribution is 7.92. The number of benzene rings is 2. The van der Waals surface area contributed by atoms with Gasteiger partial charge in [-0.05, 0) is 49.2 Å². The number of aromatic amines is 2. The maximum Gasteiger partial charge on any atom is 0.263 e. The standard InChI is InChI=1S/C18H17N5O2S/c1-11-8-14-15(9-12(11)2)20-18(19-14)16-10-17(22-21-16)23-26(24,25)13-6-4-3-5-7-13/h3-10H,1-2H3,(H,19,20)(H2,21,22,23). The highest BCUT2D eigenvalue weighted by Gasteiger charge is 2.16. The fraction of sp³-hybridized carbons (Fsp3) is 0.111. The van der Waals surface area contributed by atoms with Crippen LogP contribution in [0.25, 0.3) is 22.6 Å². The molecule has 8 heteroatoms. The molecule has 0 unspecified atom stereocenters. The van der Waals surface area contributed by atoms with Gasteiger partial charge in [0.2, 0.25) is 0 Å². The molecule has 4 aromatic rings. The molecule has 132 valence electrons. The van der Waals surface area contributed by atoms with E-state index in [2.05, 4.69) is 24.9 Å². The largest absolute Gasteiger partial charge is 0.337 e. The molecular formula is C18H17N5O2S. The summed E-state index contributed by atoms with van der Waals surface area (Å²) in [5.74, 6) is 0.805. The quantitative estimate of drug-likeness (QED) is 0.514. The lowest BCUT2D eigenvalue weighted by molar-refractivity contribution is 0.601. The molecule has 2 heterocycles. The van der Waals surface area contributed by atoms with Crippen LogP contribution in [0.4, 0.5) is 5.82 Å². The van der Waals surface area contributed by atoms with E-state index in [1.54, 1.807) is 24.3 Å². The molecule has 2 aromatic carbocycles. The minimum Gasteiger partial charge on any atom is -0.337 e. The molecule has 0 aliphatic rings. The van der Waals surface area contributed by atoms with Gasteiger partial charge in [-0.2, -0.15) is 5.10 Å². The van der Waals surface area contributed by atoms with Gasteiger partial charge in [0, 0.05) is 6.07 Å². The zero-order valence-corrected chi connectivity index (χ0v) is 15.1. The minimum atomic E-state index is -3.68. The van der Waals surface area contributed by atoms with Crippen molar-refractivity contribution in [3.63, 3.8) is 0 Å². The predicted molar refractivity (Wildman–Crippen MR) is 100 cm³/mol. The van der Waals surface area contributed by atoms with Crippen LogP contribution < -0.4 is 4.72 Å². The van der Waals surface area contributed by atoms with E-state index in [9.17, 15) is 8.42 Å². The molecule has 0 amide bonds. The van der Waals surface area contributed by atoms with Crippen molar-refractivity contribution in [1.29, 1.82) is 0 Å². The molecule has 3 N–H and O–H groups in total. The van der Waals surface area contributed by atoms with Crippen molar-refractivity contribution >= 4 is 26.9 Å². The predicted octanol–water partition coefficient (Wildman–Crippen LogP) is 3.37. The Kier molecular flexibility index (Phi) is 3.77. The maximum atomic E-state index is 12.4. The van der Waals surface area contributed by atoms with Crippen LogP contribution in [0.15, 0.2) is 53.4 Å². The van der Waals surface area contributed by atoms with Gasteiger partial charge in [-0.25, -0.2) is 13.4 Å². The molecular weight excluding hydrogens is 350 g/mol. The molecule has 0 fully saturated rings. The van der Waals surface area contributed by atoms with Crippen molar-refractivity contribution < 1.29 is 8.42 Å². The summed E-state index contributed by atoms with van der Waals surface area (Å²) >= 11 is 0. The van der Waals surface area contributed by atoms with E-state index in [1.807, 2.05) is 26.0 Å². The van der Waals surface area contributed by atoms with Crippen LogP contribution in [-0.2, 0) is 10.0 Å². The Labute approximate surface area is 150 Å². The van der Waals surface area contributed by atoms with E-state index in [4.69, 9.17) is 0 Å². The van der Waals surface area contributed by atoms with Crippen LogP contribution in [0.3, 0.4) is 0 Å². The van der Waals surface area contributed by atoms with Crippen molar-refractivity contribution in [2.75, 3.05) is 4.72 Å². The minimum absolute atomic E-state index is 0.180. The lowest BCUT2D eigenvalue weighted by Crippen LogP contribution is -2.12. The second kappa shape index (κ2) is 5.99. The number of aryl methyl sites for hydroxylation is 2. The van der Waals surface area contributed by atoms with E-state index >= 15 is 0 Å². The number of hydrogen-bond acceptors (Lipinski definition) is 4. The fourth-order valence-electron chi connectivity index (χ4n) is 2.69. The van der Waals surface area contributed by atoms with Crippen molar-refractivity contribution in [3.8, 4) is 11.5 Å². The molecule has 0 bridgehead atoms. The van der Waals surface area contributed by atoms with Gasteiger partial charge in [-0.1, -0.05) is 18.2 Å². The highest BCUT2D eigenvalue weighted by Crippen LogP contribution is 2.24. The number of aromatic nitrogens is 4. The van der Waals surface area contributed by atoms with E-state index < -0.39 is 10.0 Å². The second-order valence-corrected chi connectivity index (χ2v) is 7.81. The average molecular weight is 367 g/mol. The SMILES string of the molecule is Cc1cc2nc(-c3cc(NS(=O)(=O)c4ccccc4)n[nH]3)[nH]c2cc1C. The summed E-state index contributed by atoms with van der Waals surface area (Å²) in [6.07, 6.45) is 0. The number of nitrogens with one attached hydrogen (secondary N) is 3. The van der Waals surface area contributed by atoms with Gasteiger partial charge in [0.1, 0.15) is 5.69 Å². The van der Waals surface area contributed by atoms with E-state index in [1.165, 1.54) is 17.7 Å². The first-order valence-corrected chi connectivity index (χ1v) is 9.51. The summed E-state index contributed by atoms with van der Waals surface area (Å²) in [5.41, 5.74) is 4.71. The molecule has 2 aromatic heterocycles. The summed E-state index contributed by atoms with van der Waals surface area (Å²) in [6.45, 7) is 4.08. The third-order valence-corrected chi connectivity index (χ3v) is 5.59. The Balaban J connectivity index is 1.64. The number of anilines is 1. The number of hydrogen-bond donors (Lipinski definition) is 3. The molecule has 0 atom stereocenters. The van der Waals surface area contributed by atoms with Crippen molar-refractivity contribution in [3.05, 3.63) is 59.7 Å². The molecule has 7 nitrogen and oxygen atoms in total. The summed E-state index contributed by atoms with van der Waals surface area (Å²) < 4.78 is 27.2. The number of imidazole rings is 1. The number of rotatable bonds is 4. The van der Waals surface area contributed by atoms with Crippen molar-refractivity contribution in [1.82, 2.24) is 20.2 Å². The third-order valence-electron chi connectivity index (χ3n) is 4.22. The highest BCUT2D eigenvalue weighted by atomic mass is 32.2. The molecule has 0 saturated heterocycles. The van der Waals surface area contributed by atoms with Crippen LogP contribution in [0.5, 0.6) is 0 Å². The zero-order valence-electron chi connectivity index (χ0n) is 14.2. The Morgan fingerprint density at radius 3 is 2.50 bits per heavy atom. The molecule has 0 aliphatic heterocycles. The molecule has 4 rings (SSSR count).